The van der Waals surface area contributed by atoms with Gasteiger partial charge in [0.1, 0.15) is 5.54 Å². The van der Waals surface area contributed by atoms with E-state index in [1.54, 1.807) is 0 Å². The largest absolute Gasteiger partial charge is 0.480 e. The van der Waals surface area contributed by atoms with Gasteiger partial charge in [0.05, 0.1) is 0 Å². The van der Waals surface area contributed by atoms with E-state index >= 15 is 0 Å². The van der Waals surface area contributed by atoms with Gasteiger partial charge in [0.25, 0.3) is 0 Å². The number of likely N-dealkylation sites (tertiary alicyclic amines) is 1. The van der Waals surface area contributed by atoms with Crippen LogP contribution < -0.4 is 5.32 Å². The van der Waals surface area contributed by atoms with Crippen LogP contribution in [0.5, 0.6) is 0 Å². The molecule has 2 atom stereocenters. The molecular formula is C11H20N2O2. The molecule has 2 N–H and O–H groups in total. The maximum Gasteiger partial charge on any atom is 0.324 e. The SMILES string of the molecule is CCN1CCC(C2(C(=O)O)CCCN2)C1. The fraction of sp³-hybridized carbons (Fsp3) is 0.909. The average Bonchev–Trinajstić information content (AvgIpc) is 2.87. The van der Waals surface area contributed by atoms with E-state index in [2.05, 4.69) is 17.1 Å². The minimum Gasteiger partial charge on any atom is -0.480 e. The number of nitrogens with one attached hydrogen (secondary N) is 1. The second-order valence-corrected chi connectivity index (χ2v) is 4.69. The molecule has 2 heterocycles. The highest BCUT2D eigenvalue weighted by Gasteiger charge is 2.49. The third-order valence-electron chi connectivity index (χ3n) is 3.99. The average molecular weight is 212 g/mol. The Kier molecular flexibility index (Phi) is 2.98. The van der Waals surface area contributed by atoms with Crippen molar-refractivity contribution in [1.82, 2.24) is 10.2 Å². The van der Waals surface area contributed by atoms with Crippen molar-refractivity contribution >= 4 is 5.97 Å². The van der Waals surface area contributed by atoms with Gasteiger partial charge in [-0.05, 0) is 38.9 Å². The Balaban J connectivity index is 2.09. The summed E-state index contributed by atoms with van der Waals surface area (Å²) < 4.78 is 0. The smallest absolute Gasteiger partial charge is 0.324 e. The van der Waals surface area contributed by atoms with Crippen LogP contribution in [-0.2, 0) is 4.79 Å². The molecule has 0 aromatic rings. The van der Waals surface area contributed by atoms with Gasteiger partial charge in [-0.3, -0.25) is 4.79 Å². The number of hydrogen-bond donors (Lipinski definition) is 2. The van der Waals surface area contributed by atoms with Crippen molar-refractivity contribution in [1.29, 1.82) is 0 Å². The Labute approximate surface area is 90.6 Å². The topological polar surface area (TPSA) is 52.6 Å². The van der Waals surface area contributed by atoms with E-state index in [0.29, 0.717) is 0 Å². The first-order chi connectivity index (χ1) is 7.19. The van der Waals surface area contributed by atoms with Gasteiger partial charge >= 0.3 is 5.97 Å². The second-order valence-electron chi connectivity index (χ2n) is 4.69. The molecule has 0 aromatic heterocycles. The van der Waals surface area contributed by atoms with Gasteiger partial charge in [0.15, 0.2) is 0 Å². The third kappa shape index (κ3) is 1.76. The monoisotopic (exact) mass is 212 g/mol. The highest BCUT2D eigenvalue weighted by Crippen LogP contribution is 2.34. The predicted octanol–water partition coefficient (Wildman–Crippen LogP) is 0.535. The van der Waals surface area contributed by atoms with Crippen LogP contribution in [0.3, 0.4) is 0 Å². The Bertz CT molecular complexity index is 249. The minimum absolute atomic E-state index is 0.289. The molecule has 0 aliphatic carbocycles. The molecule has 0 aromatic carbocycles. The van der Waals surface area contributed by atoms with Gasteiger partial charge in [0.2, 0.25) is 0 Å². The van der Waals surface area contributed by atoms with Gasteiger partial charge in [-0.2, -0.15) is 0 Å². The van der Waals surface area contributed by atoms with Crippen LogP contribution in [0.1, 0.15) is 26.2 Å². The summed E-state index contributed by atoms with van der Waals surface area (Å²) in [5, 5.41) is 12.6. The zero-order chi connectivity index (χ0) is 10.9. The highest BCUT2D eigenvalue weighted by atomic mass is 16.4. The Morgan fingerprint density at radius 3 is 2.93 bits per heavy atom. The number of nitrogens with zero attached hydrogens (tertiary/aromatic N) is 1. The maximum absolute atomic E-state index is 11.4. The Morgan fingerprint density at radius 1 is 1.67 bits per heavy atom. The van der Waals surface area contributed by atoms with Crippen LogP contribution in [0.2, 0.25) is 0 Å². The summed E-state index contributed by atoms with van der Waals surface area (Å²) in [7, 11) is 0. The van der Waals surface area contributed by atoms with Gasteiger partial charge < -0.3 is 15.3 Å². The third-order valence-corrected chi connectivity index (χ3v) is 3.99. The molecular weight excluding hydrogens is 192 g/mol. The molecule has 86 valence electrons. The van der Waals surface area contributed by atoms with Crippen molar-refractivity contribution in [2.75, 3.05) is 26.2 Å². The molecule has 2 rings (SSSR count). The molecule has 4 nitrogen and oxygen atoms in total. The first-order valence-corrected chi connectivity index (χ1v) is 5.90. The van der Waals surface area contributed by atoms with Gasteiger partial charge in [-0.25, -0.2) is 0 Å². The first kappa shape index (κ1) is 10.9. The first-order valence-electron chi connectivity index (χ1n) is 5.90. The van der Waals surface area contributed by atoms with Crippen molar-refractivity contribution in [3.05, 3.63) is 0 Å². The molecule has 0 bridgehead atoms. The number of rotatable bonds is 3. The molecule has 15 heavy (non-hydrogen) atoms. The summed E-state index contributed by atoms with van der Waals surface area (Å²) >= 11 is 0. The summed E-state index contributed by atoms with van der Waals surface area (Å²) in [6, 6.07) is 0. The van der Waals surface area contributed by atoms with Crippen LogP contribution in [0.25, 0.3) is 0 Å². The number of hydrogen-bond acceptors (Lipinski definition) is 3. The van der Waals surface area contributed by atoms with Gasteiger partial charge in [0, 0.05) is 12.5 Å². The molecule has 0 saturated carbocycles. The predicted molar refractivity (Wildman–Crippen MR) is 57.8 cm³/mol. The summed E-state index contributed by atoms with van der Waals surface area (Å²) in [5.74, 6) is -0.361. The zero-order valence-corrected chi connectivity index (χ0v) is 9.33. The van der Waals surface area contributed by atoms with E-state index in [9.17, 15) is 9.90 Å². The van der Waals surface area contributed by atoms with E-state index in [0.717, 1.165) is 45.4 Å². The van der Waals surface area contributed by atoms with E-state index in [1.807, 2.05) is 0 Å². The Morgan fingerprint density at radius 2 is 2.47 bits per heavy atom. The molecule has 0 amide bonds. The molecule has 2 fully saturated rings. The lowest BCUT2D eigenvalue weighted by atomic mass is 9.82. The Hall–Kier alpha value is -0.610. The normalized spacial score (nSPS) is 37.3. The molecule has 2 saturated heterocycles. The summed E-state index contributed by atoms with van der Waals surface area (Å²) in [6.07, 6.45) is 2.81. The summed E-state index contributed by atoms with van der Waals surface area (Å²) in [4.78, 5) is 13.8. The van der Waals surface area contributed by atoms with Crippen molar-refractivity contribution < 1.29 is 9.90 Å². The van der Waals surface area contributed by atoms with E-state index in [-0.39, 0.29) is 5.92 Å². The molecule has 4 heteroatoms. The fourth-order valence-electron chi connectivity index (χ4n) is 2.99. The standard InChI is InChI=1S/C11H20N2O2/c1-2-13-7-4-9(8-13)11(10(14)15)5-3-6-12-11/h9,12H,2-8H2,1H3,(H,14,15). The van der Waals surface area contributed by atoms with Crippen LogP contribution in [0, 0.1) is 5.92 Å². The molecule has 2 unspecified atom stereocenters. The van der Waals surface area contributed by atoms with Gasteiger partial charge in [-0.1, -0.05) is 6.92 Å². The highest BCUT2D eigenvalue weighted by molar-refractivity contribution is 5.79. The molecule has 2 aliphatic rings. The van der Waals surface area contributed by atoms with Crippen LogP contribution in [-0.4, -0.2) is 47.7 Å². The lowest BCUT2D eigenvalue weighted by molar-refractivity contribution is -0.146. The number of carboxylic acids is 1. The van der Waals surface area contributed by atoms with E-state index in [1.165, 1.54) is 0 Å². The number of carbonyl (C=O) groups is 1. The number of aliphatic carboxylic acids is 1. The zero-order valence-electron chi connectivity index (χ0n) is 9.33. The number of carboxylic acid groups (broad SMARTS) is 1. The van der Waals surface area contributed by atoms with Crippen molar-refractivity contribution in [2.24, 2.45) is 5.92 Å². The molecule has 2 aliphatic heterocycles. The van der Waals surface area contributed by atoms with Crippen molar-refractivity contribution in [2.45, 2.75) is 31.7 Å². The van der Waals surface area contributed by atoms with Crippen LogP contribution in [0.4, 0.5) is 0 Å². The van der Waals surface area contributed by atoms with Crippen molar-refractivity contribution in [3.8, 4) is 0 Å². The van der Waals surface area contributed by atoms with E-state index < -0.39 is 11.5 Å². The quantitative estimate of drug-likeness (QED) is 0.716. The molecule has 0 radical (unpaired) electrons. The second kappa shape index (κ2) is 4.10. The lowest BCUT2D eigenvalue weighted by Gasteiger charge is -2.31. The lowest BCUT2D eigenvalue weighted by Crippen LogP contribution is -2.54. The summed E-state index contributed by atoms with van der Waals surface area (Å²) in [6.45, 7) is 6.02. The molecule has 0 spiro atoms. The summed E-state index contributed by atoms with van der Waals surface area (Å²) in [5.41, 5.74) is -0.621. The fourth-order valence-corrected chi connectivity index (χ4v) is 2.99. The van der Waals surface area contributed by atoms with Crippen molar-refractivity contribution in [3.63, 3.8) is 0 Å². The van der Waals surface area contributed by atoms with Crippen LogP contribution >= 0.6 is 0 Å². The van der Waals surface area contributed by atoms with Crippen LogP contribution in [0.15, 0.2) is 0 Å². The van der Waals surface area contributed by atoms with E-state index in [4.69, 9.17) is 0 Å². The maximum atomic E-state index is 11.4. The van der Waals surface area contributed by atoms with Gasteiger partial charge in [-0.15, -0.1) is 0 Å². The minimum atomic E-state index is -0.650.